The van der Waals surface area contributed by atoms with Crippen molar-refractivity contribution in [1.29, 1.82) is 0 Å². The van der Waals surface area contributed by atoms with Crippen LogP contribution in [0.5, 0.6) is 0 Å². The first-order valence-corrected chi connectivity index (χ1v) is 5.30. The molecule has 0 atom stereocenters. The first-order valence-electron chi connectivity index (χ1n) is 5.30. The average Bonchev–Trinajstić information content (AvgIpc) is 2.15. The standard InChI is InChI=1S/C13H19/c1-3-4-5-6-7-13-10-8-12(2)9-11-13/h8,10-11H,3-7H2,1-2H3. The molecule has 0 aliphatic carbocycles. The van der Waals surface area contributed by atoms with Gasteiger partial charge in [0.1, 0.15) is 0 Å². The van der Waals surface area contributed by atoms with Crippen LogP contribution in [0.1, 0.15) is 43.7 Å². The van der Waals surface area contributed by atoms with E-state index in [2.05, 4.69) is 38.1 Å². The van der Waals surface area contributed by atoms with E-state index in [9.17, 15) is 0 Å². The Labute approximate surface area is 82.0 Å². The van der Waals surface area contributed by atoms with Crippen molar-refractivity contribution < 1.29 is 0 Å². The molecule has 1 radical (unpaired) electrons. The molecule has 1 rings (SSSR count). The van der Waals surface area contributed by atoms with Gasteiger partial charge in [-0.3, -0.25) is 0 Å². The molecule has 0 saturated heterocycles. The Morgan fingerprint density at radius 3 is 2.62 bits per heavy atom. The van der Waals surface area contributed by atoms with Crippen LogP contribution in [0.4, 0.5) is 0 Å². The van der Waals surface area contributed by atoms with Gasteiger partial charge in [0.25, 0.3) is 0 Å². The summed E-state index contributed by atoms with van der Waals surface area (Å²) in [5, 5.41) is 0. The van der Waals surface area contributed by atoms with E-state index in [-0.39, 0.29) is 0 Å². The van der Waals surface area contributed by atoms with E-state index < -0.39 is 0 Å². The maximum absolute atomic E-state index is 3.24. The molecule has 0 amide bonds. The second-order valence-corrected chi connectivity index (χ2v) is 3.69. The number of unbranched alkanes of at least 4 members (excludes halogenated alkanes) is 3. The fourth-order valence-corrected chi connectivity index (χ4v) is 1.45. The van der Waals surface area contributed by atoms with Gasteiger partial charge >= 0.3 is 0 Å². The predicted molar refractivity (Wildman–Crippen MR) is 57.9 cm³/mol. The molecule has 1 aromatic carbocycles. The molecule has 1 aromatic rings. The minimum Gasteiger partial charge on any atom is -0.0654 e. The van der Waals surface area contributed by atoms with Gasteiger partial charge in [0.15, 0.2) is 0 Å². The van der Waals surface area contributed by atoms with Gasteiger partial charge in [-0.25, -0.2) is 0 Å². The van der Waals surface area contributed by atoms with E-state index in [1.807, 2.05) is 0 Å². The highest BCUT2D eigenvalue weighted by Crippen LogP contribution is 2.08. The molecule has 0 bridgehead atoms. The number of benzene rings is 1. The van der Waals surface area contributed by atoms with E-state index in [1.165, 1.54) is 43.2 Å². The molecule has 0 spiro atoms. The van der Waals surface area contributed by atoms with Gasteiger partial charge in [0.05, 0.1) is 0 Å². The Bertz CT molecular complexity index is 220. The quantitative estimate of drug-likeness (QED) is 0.595. The molecule has 0 aromatic heterocycles. The Kier molecular flexibility index (Phi) is 4.59. The molecule has 0 aliphatic rings. The summed E-state index contributed by atoms with van der Waals surface area (Å²) in [4.78, 5) is 0. The fraction of sp³-hybridized carbons (Fsp3) is 0.538. The third kappa shape index (κ3) is 4.12. The lowest BCUT2D eigenvalue weighted by atomic mass is 10.1. The van der Waals surface area contributed by atoms with Crippen molar-refractivity contribution in [1.82, 2.24) is 0 Å². The largest absolute Gasteiger partial charge is 0.0654 e. The Morgan fingerprint density at radius 1 is 1.15 bits per heavy atom. The molecule has 71 valence electrons. The van der Waals surface area contributed by atoms with E-state index in [1.54, 1.807) is 0 Å². The second kappa shape index (κ2) is 5.80. The van der Waals surface area contributed by atoms with Gasteiger partial charge in [-0.05, 0) is 37.0 Å². The number of hydrogen-bond donors (Lipinski definition) is 0. The van der Waals surface area contributed by atoms with Gasteiger partial charge in [0.2, 0.25) is 0 Å². The van der Waals surface area contributed by atoms with Crippen LogP contribution < -0.4 is 0 Å². The Balaban J connectivity index is 2.25. The summed E-state index contributed by atoms with van der Waals surface area (Å²) in [5.74, 6) is 0. The van der Waals surface area contributed by atoms with Crippen LogP contribution in [0.15, 0.2) is 18.2 Å². The van der Waals surface area contributed by atoms with E-state index in [0.717, 1.165) is 0 Å². The molecular weight excluding hydrogens is 156 g/mol. The molecule has 0 heteroatoms. The molecular formula is C13H19. The lowest BCUT2D eigenvalue weighted by molar-refractivity contribution is 0.667. The summed E-state index contributed by atoms with van der Waals surface area (Å²) in [7, 11) is 0. The molecule has 13 heavy (non-hydrogen) atoms. The number of rotatable bonds is 5. The van der Waals surface area contributed by atoms with Crippen molar-refractivity contribution >= 4 is 0 Å². The second-order valence-electron chi connectivity index (χ2n) is 3.69. The van der Waals surface area contributed by atoms with Gasteiger partial charge in [-0.2, -0.15) is 0 Å². The lowest BCUT2D eigenvalue weighted by Gasteiger charge is -2.00. The van der Waals surface area contributed by atoms with Crippen LogP contribution >= 0.6 is 0 Å². The zero-order chi connectivity index (χ0) is 9.52. The molecule has 0 fully saturated rings. The van der Waals surface area contributed by atoms with Crippen LogP contribution in [0.25, 0.3) is 0 Å². The lowest BCUT2D eigenvalue weighted by Crippen LogP contribution is -1.85. The topological polar surface area (TPSA) is 0 Å². The SMILES string of the molecule is CCCCCCc1c[c]c(C)cc1. The molecule has 0 unspecified atom stereocenters. The molecule has 0 nitrogen and oxygen atoms in total. The number of hydrogen-bond acceptors (Lipinski definition) is 0. The maximum atomic E-state index is 3.24. The highest BCUT2D eigenvalue weighted by atomic mass is 14.0. The van der Waals surface area contributed by atoms with Crippen molar-refractivity contribution in [3.63, 3.8) is 0 Å². The summed E-state index contributed by atoms with van der Waals surface area (Å²) in [5.41, 5.74) is 2.67. The van der Waals surface area contributed by atoms with Crippen LogP contribution in [0.3, 0.4) is 0 Å². The average molecular weight is 175 g/mol. The molecule has 0 N–H and O–H groups in total. The summed E-state index contributed by atoms with van der Waals surface area (Å²) in [6, 6.07) is 9.74. The zero-order valence-electron chi connectivity index (χ0n) is 8.77. The monoisotopic (exact) mass is 175 g/mol. The van der Waals surface area contributed by atoms with Crippen molar-refractivity contribution in [3.8, 4) is 0 Å². The van der Waals surface area contributed by atoms with Crippen LogP contribution in [0.2, 0.25) is 0 Å². The smallest absolute Gasteiger partial charge is 0.0149 e. The van der Waals surface area contributed by atoms with Crippen molar-refractivity contribution in [3.05, 3.63) is 35.4 Å². The molecule has 0 heterocycles. The summed E-state index contributed by atoms with van der Waals surface area (Å²) in [6.45, 7) is 4.33. The normalized spacial score (nSPS) is 10.3. The zero-order valence-corrected chi connectivity index (χ0v) is 8.77. The highest BCUT2D eigenvalue weighted by molar-refractivity contribution is 5.19. The van der Waals surface area contributed by atoms with Gasteiger partial charge in [0, 0.05) is 0 Å². The summed E-state index contributed by atoms with van der Waals surface area (Å²) < 4.78 is 0. The Morgan fingerprint density at radius 2 is 2.00 bits per heavy atom. The first-order chi connectivity index (χ1) is 6.33. The summed E-state index contributed by atoms with van der Waals surface area (Å²) in [6.07, 6.45) is 6.60. The number of aryl methyl sites for hydroxylation is 2. The predicted octanol–water partition coefficient (Wildman–Crippen LogP) is 3.92. The van der Waals surface area contributed by atoms with Crippen molar-refractivity contribution in [2.45, 2.75) is 46.0 Å². The third-order valence-corrected chi connectivity index (χ3v) is 2.35. The van der Waals surface area contributed by atoms with E-state index in [4.69, 9.17) is 0 Å². The molecule has 0 saturated carbocycles. The van der Waals surface area contributed by atoms with Crippen molar-refractivity contribution in [2.24, 2.45) is 0 Å². The van der Waals surface area contributed by atoms with Gasteiger partial charge < -0.3 is 0 Å². The highest BCUT2D eigenvalue weighted by Gasteiger charge is 1.92. The third-order valence-electron chi connectivity index (χ3n) is 2.35. The fourth-order valence-electron chi connectivity index (χ4n) is 1.45. The Hall–Kier alpha value is -0.780. The molecule has 0 aliphatic heterocycles. The van der Waals surface area contributed by atoms with Crippen LogP contribution in [0, 0.1) is 13.0 Å². The minimum absolute atomic E-state index is 1.22. The van der Waals surface area contributed by atoms with Crippen LogP contribution in [-0.4, -0.2) is 0 Å². The minimum atomic E-state index is 1.22. The van der Waals surface area contributed by atoms with E-state index >= 15 is 0 Å². The first kappa shape index (κ1) is 10.3. The maximum Gasteiger partial charge on any atom is -0.0149 e. The van der Waals surface area contributed by atoms with Crippen molar-refractivity contribution in [2.75, 3.05) is 0 Å². The van der Waals surface area contributed by atoms with E-state index in [0.29, 0.717) is 0 Å². The van der Waals surface area contributed by atoms with Gasteiger partial charge in [-0.15, -0.1) is 0 Å². The van der Waals surface area contributed by atoms with Gasteiger partial charge in [-0.1, -0.05) is 44.4 Å². The summed E-state index contributed by atoms with van der Waals surface area (Å²) >= 11 is 0. The van der Waals surface area contributed by atoms with Crippen LogP contribution in [-0.2, 0) is 6.42 Å².